The summed E-state index contributed by atoms with van der Waals surface area (Å²) in [6.45, 7) is 1.83. The van der Waals surface area contributed by atoms with E-state index in [2.05, 4.69) is 5.32 Å². The number of amides is 2. The first-order chi connectivity index (χ1) is 16.0. The fourth-order valence-electron chi connectivity index (χ4n) is 4.08. The summed E-state index contributed by atoms with van der Waals surface area (Å²) in [6.07, 6.45) is 5.43. The van der Waals surface area contributed by atoms with Crippen LogP contribution < -0.4 is 19.5 Å². The van der Waals surface area contributed by atoms with Crippen molar-refractivity contribution in [3.63, 3.8) is 0 Å². The van der Waals surface area contributed by atoms with Crippen molar-refractivity contribution in [2.75, 3.05) is 20.8 Å². The van der Waals surface area contributed by atoms with Crippen molar-refractivity contribution < 1.29 is 23.8 Å². The van der Waals surface area contributed by atoms with Crippen LogP contribution in [-0.4, -0.2) is 49.6 Å². The molecule has 0 unspecified atom stereocenters. The molecule has 2 aromatic carbocycles. The number of benzene rings is 2. The Kier molecular flexibility index (Phi) is 8.98. The van der Waals surface area contributed by atoms with Crippen LogP contribution in [0.25, 0.3) is 0 Å². The van der Waals surface area contributed by atoms with Gasteiger partial charge in [-0.3, -0.25) is 9.59 Å². The zero-order valence-corrected chi connectivity index (χ0v) is 19.7. The predicted molar refractivity (Wildman–Crippen MR) is 127 cm³/mol. The van der Waals surface area contributed by atoms with Gasteiger partial charge in [-0.2, -0.15) is 0 Å². The fraction of sp³-hybridized carbons (Fsp3) is 0.462. The minimum Gasteiger partial charge on any atom is -0.497 e. The van der Waals surface area contributed by atoms with E-state index in [0.29, 0.717) is 17.2 Å². The Labute approximate surface area is 196 Å². The third-order valence-corrected chi connectivity index (χ3v) is 6.03. The van der Waals surface area contributed by atoms with Gasteiger partial charge < -0.3 is 24.4 Å². The van der Waals surface area contributed by atoms with Crippen LogP contribution in [0.5, 0.6) is 17.2 Å². The molecule has 1 N–H and O–H groups in total. The van der Waals surface area contributed by atoms with Crippen LogP contribution >= 0.6 is 0 Å². The predicted octanol–water partition coefficient (Wildman–Crippen LogP) is 3.95. The first-order valence-corrected chi connectivity index (χ1v) is 11.5. The molecule has 0 spiro atoms. The highest BCUT2D eigenvalue weighted by Crippen LogP contribution is 2.26. The molecule has 0 heterocycles. The number of hydrogen-bond donors (Lipinski definition) is 1. The lowest BCUT2D eigenvalue weighted by molar-refractivity contribution is -0.142. The first-order valence-electron chi connectivity index (χ1n) is 11.5. The highest BCUT2D eigenvalue weighted by molar-refractivity contribution is 5.88. The molecule has 3 rings (SSSR count). The van der Waals surface area contributed by atoms with Gasteiger partial charge in [0, 0.05) is 12.6 Å². The van der Waals surface area contributed by atoms with Crippen molar-refractivity contribution >= 4 is 11.8 Å². The van der Waals surface area contributed by atoms with Gasteiger partial charge in [0.15, 0.2) is 18.1 Å². The first kappa shape index (κ1) is 24.4. The van der Waals surface area contributed by atoms with E-state index in [0.717, 1.165) is 31.2 Å². The van der Waals surface area contributed by atoms with E-state index in [1.807, 2.05) is 36.4 Å². The van der Waals surface area contributed by atoms with Crippen molar-refractivity contribution in [1.29, 1.82) is 0 Å². The summed E-state index contributed by atoms with van der Waals surface area (Å²) in [5, 5.41) is 3.14. The normalized spacial score (nSPS) is 14.8. The third kappa shape index (κ3) is 6.88. The zero-order valence-electron chi connectivity index (χ0n) is 19.7. The van der Waals surface area contributed by atoms with Crippen LogP contribution in [0.2, 0.25) is 0 Å². The Bertz CT molecular complexity index is 926. The number of hydrogen-bond acceptors (Lipinski definition) is 5. The second-order valence-electron chi connectivity index (χ2n) is 8.33. The maximum absolute atomic E-state index is 13.3. The molecule has 7 nitrogen and oxygen atoms in total. The van der Waals surface area contributed by atoms with E-state index >= 15 is 0 Å². The lowest BCUT2D eigenvalue weighted by Gasteiger charge is -2.31. The monoisotopic (exact) mass is 454 g/mol. The largest absolute Gasteiger partial charge is 0.497 e. The summed E-state index contributed by atoms with van der Waals surface area (Å²) < 4.78 is 16.4. The zero-order chi connectivity index (χ0) is 23.6. The molecule has 7 heteroatoms. The Morgan fingerprint density at radius 1 is 1.00 bits per heavy atom. The number of ether oxygens (including phenoxy) is 3. The molecule has 178 valence electrons. The number of carbonyl (C=O) groups is 2. The van der Waals surface area contributed by atoms with Gasteiger partial charge in [0.1, 0.15) is 11.8 Å². The Hall–Kier alpha value is -3.22. The second kappa shape index (κ2) is 12.1. The molecular formula is C26H34N2O5. The maximum atomic E-state index is 13.3. The van der Waals surface area contributed by atoms with Crippen LogP contribution in [0.3, 0.4) is 0 Å². The molecule has 1 saturated carbocycles. The van der Waals surface area contributed by atoms with Crippen LogP contribution in [0.1, 0.15) is 44.6 Å². The smallest absolute Gasteiger partial charge is 0.261 e. The molecule has 1 aliphatic rings. The van der Waals surface area contributed by atoms with Gasteiger partial charge in [0.05, 0.1) is 14.2 Å². The molecule has 1 atom stereocenters. The summed E-state index contributed by atoms with van der Waals surface area (Å²) in [7, 11) is 3.15. The molecule has 0 saturated heterocycles. The maximum Gasteiger partial charge on any atom is 0.261 e. The lowest BCUT2D eigenvalue weighted by Crippen LogP contribution is -2.51. The molecule has 1 fully saturated rings. The molecule has 1 aliphatic carbocycles. The van der Waals surface area contributed by atoms with Gasteiger partial charge in [-0.05, 0) is 49.6 Å². The third-order valence-electron chi connectivity index (χ3n) is 6.03. The summed E-state index contributed by atoms with van der Waals surface area (Å²) in [5.74, 6) is 1.30. The molecule has 0 bridgehead atoms. The fourth-order valence-corrected chi connectivity index (χ4v) is 4.08. The average Bonchev–Trinajstić information content (AvgIpc) is 2.86. The molecule has 0 aliphatic heterocycles. The van der Waals surface area contributed by atoms with Crippen LogP contribution in [0.15, 0.2) is 48.5 Å². The van der Waals surface area contributed by atoms with Crippen molar-refractivity contribution in [3.8, 4) is 17.2 Å². The molecular weight excluding hydrogens is 420 g/mol. The number of nitrogens with zero attached hydrogens (tertiary/aromatic N) is 1. The van der Waals surface area contributed by atoms with E-state index in [1.54, 1.807) is 38.2 Å². The number of para-hydroxylation sites is 2. The SMILES string of the molecule is COc1cccc(CN(C(=O)COc2ccccc2OC)[C@@H](C)C(=O)NC2CCCCC2)c1. The number of carbonyl (C=O) groups excluding carboxylic acids is 2. The highest BCUT2D eigenvalue weighted by atomic mass is 16.5. The van der Waals surface area contributed by atoms with Crippen LogP contribution in [0.4, 0.5) is 0 Å². The average molecular weight is 455 g/mol. The number of nitrogens with one attached hydrogen (secondary N) is 1. The molecule has 2 aromatic rings. The van der Waals surface area contributed by atoms with Gasteiger partial charge in [-0.1, -0.05) is 43.5 Å². The van der Waals surface area contributed by atoms with Crippen molar-refractivity contribution in [2.45, 2.75) is 57.7 Å². The van der Waals surface area contributed by atoms with Crippen molar-refractivity contribution in [3.05, 3.63) is 54.1 Å². The summed E-state index contributed by atoms with van der Waals surface area (Å²) in [4.78, 5) is 27.9. The quantitative estimate of drug-likeness (QED) is 0.588. The van der Waals surface area contributed by atoms with E-state index in [9.17, 15) is 9.59 Å². The summed E-state index contributed by atoms with van der Waals surface area (Å²) in [6, 6.07) is 14.2. The number of methoxy groups -OCH3 is 2. The Morgan fingerprint density at radius 2 is 1.73 bits per heavy atom. The van der Waals surface area contributed by atoms with E-state index in [-0.39, 0.29) is 31.0 Å². The molecule has 33 heavy (non-hydrogen) atoms. The lowest BCUT2D eigenvalue weighted by atomic mass is 9.95. The van der Waals surface area contributed by atoms with Crippen LogP contribution in [0, 0.1) is 0 Å². The van der Waals surface area contributed by atoms with Crippen molar-refractivity contribution in [2.24, 2.45) is 0 Å². The summed E-state index contributed by atoms with van der Waals surface area (Å²) in [5.41, 5.74) is 0.873. The van der Waals surface area contributed by atoms with Crippen molar-refractivity contribution in [1.82, 2.24) is 10.2 Å². The van der Waals surface area contributed by atoms with Gasteiger partial charge in [-0.25, -0.2) is 0 Å². The summed E-state index contributed by atoms with van der Waals surface area (Å²) >= 11 is 0. The van der Waals surface area contributed by atoms with Gasteiger partial charge in [-0.15, -0.1) is 0 Å². The van der Waals surface area contributed by atoms with Gasteiger partial charge >= 0.3 is 0 Å². The minimum absolute atomic E-state index is 0.143. The molecule has 0 aromatic heterocycles. The minimum atomic E-state index is -0.646. The Balaban J connectivity index is 1.74. The van der Waals surface area contributed by atoms with Gasteiger partial charge in [0.25, 0.3) is 5.91 Å². The molecule has 2 amide bonds. The number of rotatable bonds is 10. The van der Waals surface area contributed by atoms with E-state index in [1.165, 1.54) is 6.42 Å². The highest BCUT2D eigenvalue weighted by Gasteiger charge is 2.28. The molecule has 0 radical (unpaired) electrons. The van der Waals surface area contributed by atoms with Gasteiger partial charge in [0.2, 0.25) is 5.91 Å². The Morgan fingerprint density at radius 3 is 2.42 bits per heavy atom. The second-order valence-corrected chi connectivity index (χ2v) is 8.33. The van der Waals surface area contributed by atoms with E-state index < -0.39 is 6.04 Å². The van der Waals surface area contributed by atoms with E-state index in [4.69, 9.17) is 14.2 Å². The topological polar surface area (TPSA) is 77.1 Å². The van der Waals surface area contributed by atoms with Crippen LogP contribution in [-0.2, 0) is 16.1 Å². The standard InChI is InChI=1S/C26H34N2O5/c1-19(26(30)27-21-11-5-4-6-12-21)28(17-20-10-9-13-22(16-20)31-2)25(29)18-33-24-15-8-7-14-23(24)32-3/h7-10,13-16,19,21H,4-6,11-12,17-18H2,1-3H3,(H,27,30)/t19-/m0/s1.